The van der Waals surface area contributed by atoms with Crippen LogP contribution in [0, 0.1) is 13.8 Å². The molecule has 3 rings (SSSR count). The molecule has 0 atom stereocenters. The second kappa shape index (κ2) is 8.74. The Balaban J connectivity index is 1.64. The first-order valence-electron chi connectivity index (χ1n) is 9.47. The van der Waals surface area contributed by atoms with Crippen molar-refractivity contribution in [2.24, 2.45) is 0 Å². The minimum Gasteiger partial charge on any atom is -0.497 e. The van der Waals surface area contributed by atoms with Crippen molar-refractivity contribution in [2.75, 3.05) is 14.2 Å². The Morgan fingerprint density at radius 3 is 2.39 bits per heavy atom. The zero-order chi connectivity index (χ0) is 20.1. The number of nitrogens with zero attached hydrogens (tertiary/aromatic N) is 3. The Morgan fingerprint density at radius 1 is 1.07 bits per heavy atom. The van der Waals surface area contributed by atoms with E-state index in [1.807, 2.05) is 73.3 Å². The number of hydrogen-bond donors (Lipinski definition) is 0. The molecule has 5 heteroatoms. The van der Waals surface area contributed by atoms with Gasteiger partial charge in [-0.1, -0.05) is 30.3 Å². The number of benzene rings is 2. The molecular weight excluding hydrogens is 350 g/mol. The molecule has 0 spiro atoms. The van der Waals surface area contributed by atoms with Crippen molar-refractivity contribution in [1.82, 2.24) is 14.7 Å². The zero-order valence-electron chi connectivity index (χ0n) is 17.0. The van der Waals surface area contributed by atoms with Gasteiger partial charge in [-0.05, 0) is 50.1 Å². The van der Waals surface area contributed by atoms with Crippen LogP contribution in [0.15, 0.2) is 54.6 Å². The molecule has 1 amide bonds. The summed E-state index contributed by atoms with van der Waals surface area (Å²) in [4.78, 5) is 14.4. The van der Waals surface area contributed by atoms with E-state index in [1.165, 1.54) is 0 Å². The molecule has 0 aliphatic carbocycles. The third-order valence-corrected chi connectivity index (χ3v) is 5.05. The smallest absolute Gasteiger partial charge is 0.222 e. The van der Waals surface area contributed by atoms with Crippen molar-refractivity contribution < 1.29 is 9.53 Å². The van der Waals surface area contributed by atoms with Crippen molar-refractivity contribution in [1.29, 1.82) is 0 Å². The number of carbonyl (C=O) groups excluding carboxylic acids is 1. The number of aryl methyl sites for hydroxylation is 2. The van der Waals surface area contributed by atoms with Gasteiger partial charge in [-0.25, -0.2) is 4.68 Å². The van der Waals surface area contributed by atoms with E-state index in [0.29, 0.717) is 19.4 Å². The van der Waals surface area contributed by atoms with Crippen LogP contribution in [0.2, 0.25) is 0 Å². The van der Waals surface area contributed by atoms with Gasteiger partial charge in [0, 0.05) is 31.3 Å². The van der Waals surface area contributed by atoms with Crippen LogP contribution in [0.3, 0.4) is 0 Å². The molecule has 1 aromatic heterocycles. The summed E-state index contributed by atoms with van der Waals surface area (Å²) in [6.07, 6.45) is 1.20. The van der Waals surface area contributed by atoms with Crippen LogP contribution in [0.25, 0.3) is 5.69 Å². The van der Waals surface area contributed by atoms with Crippen LogP contribution >= 0.6 is 0 Å². The van der Waals surface area contributed by atoms with Gasteiger partial charge >= 0.3 is 0 Å². The maximum Gasteiger partial charge on any atom is 0.222 e. The predicted molar refractivity (Wildman–Crippen MR) is 111 cm³/mol. The summed E-state index contributed by atoms with van der Waals surface area (Å²) in [5.41, 5.74) is 5.29. The number of carbonyl (C=O) groups is 1. The van der Waals surface area contributed by atoms with Gasteiger partial charge in [-0.15, -0.1) is 0 Å². The van der Waals surface area contributed by atoms with Crippen molar-refractivity contribution in [3.63, 3.8) is 0 Å². The lowest BCUT2D eigenvalue weighted by Crippen LogP contribution is -2.27. The molecule has 2 aromatic carbocycles. The van der Waals surface area contributed by atoms with Crippen LogP contribution in [-0.4, -0.2) is 34.7 Å². The van der Waals surface area contributed by atoms with E-state index < -0.39 is 0 Å². The van der Waals surface area contributed by atoms with Gasteiger partial charge in [0.05, 0.1) is 18.5 Å². The summed E-state index contributed by atoms with van der Waals surface area (Å²) in [5.74, 6) is 0.954. The molecule has 0 aliphatic rings. The zero-order valence-corrected chi connectivity index (χ0v) is 17.0. The third kappa shape index (κ3) is 4.42. The molecule has 0 bridgehead atoms. The van der Waals surface area contributed by atoms with Crippen molar-refractivity contribution in [3.8, 4) is 11.4 Å². The van der Waals surface area contributed by atoms with Gasteiger partial charge in [0.1, 0.15) is 5.75 Å². The highest BCUT2D eigenvalue weighted by atomic mass is 16.5. The average molecular weight is 377 g/mol. The Morgan fingerprint density at radius 2 is 1.75 bits per heavy atom. The Bertz CT molecular complexity index is 930. The van der Waals surface area contributed by atoms with Crippen LogP contribution in [0.1, 0.15) is 28.9 Å². The molecule has 0 saturated carbocycles. The highest BCUT2D eigenvalue weighted by molar-refractivity contribution is 5.76. The molecule has 0 saturated heterocycles. The van der Waals surface area contributed by atoms with Crippen LogP contribution in [-0.2, 0) is 17.8 Å². The molecule has 3 aromatic rings. The normalized spacial score (nSPS) is 10.7. The number of ether oxygens (including phenoxy) is 1. The van der Waals surface area contributed by atoms with E-state index in [4.69, 9.17) is 4.74 Å². The quantitative estimate of drug-likeness (QED) is 0.623. The molecule has 0 radical (unpaired) electrons. The van der Waals surface area contributed by atoms with Gasteiger partial charge in [-0.3, -0.25) is 4.79 Å². The molecule has 1 heterocycles. The van der Waals surface area contributed by atoms with E-state index in [2.05, 4.69) is 12.0 Å². The van der Waals surface area contributed by atoms with Gasteiger partial charge in [-0.2, -0.15) is 5.10 Å². The largest absolute Gasteiger partial charge is 0.497 e. The predicted octanol–water partition coefficient (Wildman–Crippen LogP) is 4.09. The number of methoxy groups -OCH3 is 1. The minimum atomic E-state index is 0.127. The minimum absolute atomic E-state index is 0.127. The number of aromatic nitrogens is 2. The van der Waals surface area contributed by atoms with Crippen LogP contribution < -0.4 is 4.74 Å². The summed E-state index contributed by atoms with van der Waals surface area (Å²) in [6.45, 7) is 4.61. The highest BCUT2D eigenvalue weighted by Gasteiger charge is 2.17. The van der Waals surface area contributed by atoms with Gasteiger partial charge < -0.3 is 9.64 Å². The number of rotatable bonds is 7. The monoisotopic (exact) mass is 377 g/mol. The summed E-state index contributed by atoms with van der Waals surface area (Å²) in [5, 5.41) is 4.67. The lowest BCUT2D eigenvalue weighted by Gasteiger charge is -2.18. The first kappa shape index (κ1) is 19.7. The maximum atomic E-state index is 12.6. The fraction of sp³-hybridized carbons (Fsp3) is 0.304. The van der Waals surface area contributed by atoms with E-state index in [-0.39, 0.29) is 5.91 Å². The molecule has 0 unspecified atom stereocenters. The van der Waals surface area contributed by atoms with Crippen molar-refractivity contribution >= 4 is 5.91 Å². The van der Waals surface area contributed by atoms with E-state index in [0.717, 1.165) is 34.0 Å². The second-order valence-corrected chi connectivity index (χ2v) is 6.99. The maximum absolute atomic E-state index is 12.6. The topological polar surface area (TPSA) is 47.4 Å². The number of para-hydroxylation sites is 1. The van der Waals surface area contributed by atoms with Crippen LogP contribution in [0.4, 0.5) is 0 Å². The fourth-order valence-electron chi connectivity index (χ4n) is 3.28. The van der Waals surface area contributed by atoms with E-state index in [9.17, 15) is 4.79 Å². The van der Waals surface area contributed by atoms with Gasteiger partial charge in [0.25, 0.3) is 0 Å². The number of hydrogen-bond acceptors (Lipinski definition) is 3. The Labute approximate surface area is 166 Å². The molecule has 5 nitrogen and oxygen atoms in total. The van der Waals surface area contributed by atoms with Crippen molar-refractivity contribution in [2.45, 2.75) is 33.2 Å². The van der Waals surface area contributed by atoms with E-state index >= 15 is 0 Å². The lowest BCUT2D eigenvalue weighted by molar-refractivity contribution is -0.130. The first-order chi connectivity index (χ1) is 13.5. The number of amides is 1. The lowest BCUT2D eigenvalue weighted by atomic mass is 10.1. The summed E-state index contributed by atoms with van der Waals surface area (Å²) in [6, 6.07) is 17.9. The van der Waals surface area contributed by atoms with E-state index in [1.54, 1.807) is 12.0 Å². The Kier molecular flexibility index (Phi) is 6.14. The van der Waals surface area contributed by atoms with Gasteiger partial charge in [0.2, 0.25) is 5.91 Å². The average Bonchev–Trinajstić information content (AvgIpc) is 3.01. The first-order valence-corrected chi connectivity index (χ1v) is 9.47. The standard InChI is InChI=1S/C23H27N3O2/c1-17-22(18(2)26(24-17)20-8-6-5-7-9-20)16-25(3)23(27)15-12-19-10-13-21(28-4)14-11-19/h5-11,13-14H,12,15-16H2,1-4H3. The molecule has 0 fully saturated rings. The highest BCUT2D eigenvalue weighted by Crippen LogP contribution is 2.20. The van der Waals surface area contributed by atoms with Crippen molar-refractivity contribution in [3.05, 3.63) is 77.1 Å². The third-order valence-electron chi connectivity index (χ3n) is 5.05. The second-order valence-electron chi connectivity index (χ2n) is 6.99. The molecule has 146 valence electrons. The summed E-state index contributed by atoms with van der Waals surface area (Å²) >= 11 is 0. The van der Waals surface area contributed by atoms with Crippen LogP contribution in [0.5, 0.6) is 5.75 Å². The van der Waals surface area contributed by atoms with Gasteiger partial charge in [0.15, 0.2) is 0 Å². The molecule has 0 aliphatic heterocycles. The Hall–Kier alpha value is -3.08. The molecular formula is C23H27N3O2. The molecule has 0 N–H and O–H groups in total. The summed E-state index contributed by atoms with van der Waals surface area (Å²) in [7, 11) is 3.51. The molecule has 28 heavy (non-hydrogen) atoms. The SMILES string of the molecule is COc1ccc(CCC(=O)N(C)Cc2c(C)nn(-c3ccccc3)c2C)cc1. The fourth-order valence-corrected chi connectivity index (χ4v) is 3.28. The summed E-state index contributed by atoms with van der Waals surface area (Å²) < 4.78 is 7.12.